The lowest BCUT2D eigenvalue weighted by Crippen LogP contribution is -2.11. The molecule has 0 N–H and O–H groups in total. The Hall–Kier alpha value is -3.48. The van der Waals surface area contributed by atoms with Gasteiger partial charge in [-0.15, -0.1) is 0 Å². The Labute approximate surface area is 199 Å². The van der Waals surface area contributed by atoms with E-state index in [0.717, 1.165) is 11.1 Å². The van der Waals surface area contributed by atoms with Crippen LogP contribution in [0.3, 0.4) is 0 Å². The van der Waals surface area contributed by atoms with Gasteiger partial charge < -0.3 is 18.6 Å². The van der Waals surface area contributed by atoms with E-state index in [1.807, 2.05) is 32.0 Å². The Morgan fingerprint density at radius 1 is 0.909 bits per heavy atom. The van der Waals surface area contributed by atoms with Crippen molar-refractivity contribution in [1.82, 2.24) is 0 Å². The van der Waals surface area contributed by atoms with Crippen molar-refractivity contribution in [2.24, 2.45) is 0 Å². The standard InChI is InChI=1S/C25H18Cl2O6/c1-13-8-14(2)10-16(9-13)32-21-12-31-20-11-15(4-5-17(20)23(21)28)33-25(29)22-18(26)6-7-19(27)24(22)30-3/h4-12H,1-3H3. The summed E-state index contributed by atoms with van der Waals surface area (Å²) in [6.45, 7) is 3.88. The molecule has 0 fully saturated rings. The van der Waals surface area contributed by atoms with Crippen molar-refractivity contribution in [3.8, 4) is 23.0 Å². The molecule has 0 aliphatic heterocycles. The maximum absolute atomic E-state index is 12.9. The fourth-order valence-electron chi connectivity index (χ4n) is 3.42. The molecule has 0 spiro atoms. The molecule has 0 amide bonds. The molecule has 0 aliphatic rings. The summed E-state index contributed by atoms with van der Waals surface area (Å²) in [6.07, 6.45) is 1.23. The van der Waals surface area contributed by atoms with Gasteiger partial charge in [-0.25, -0.2) is 4.79 Å². The number of ether oxygens (including phenoxy) is 3. The molecule has 0 atom stereocenters. The lowest BCUT2D eigenvalue weighted by Gasteiger charge is -2.12. The molecule has 4 aromatic rings. The van der Waals surface area contributed by atoms with Gasteiger partial charge in [0.05, 0.1) is 22.5 Å². The molecule has 4 rings (SSSR count). The van der Waals surface area contributed by atoms with Gasteiger partial charge in [-0.1, -0.05) is 29.3 Å². The Kier molecular flexibility index (Phi) is 6.31. The summed E-state index contributed by atoms with van der Waals surface area (Å²) in [6, 6.07) is 13.0. The van der Waals surface area contributed by atoms with E-state index in [4.69, 9.17) is 41.8 Å². The highest BCUT2D eigenvalue weighted by Crippen LogP contribution is 2.35. The molecule has 0 bridgehead atoms. The summed E-state index contributed by atoms with van der Waals surface area (Å²) in [5.41, 5.74) is 1.89. The largest absolute Gasteiger partial charge is 0.494 e. The van der Waals surface area contributed by atoms with Crippen LogP contribution in [0.25, 0.3) is 11.0 Å². The van der Waals surface area contributed by atoms with Crippen molar-refractivity contribution < 1.29 is 23.4 Å². The van der Waals surface area contributed by atoms with Crippen LogP contribution in [0.2, 0.25) is 10.0 Å². The van der Waals surface area contributed by atoms with E-state index in [1.165, 1.54) is 43.7 Å². The predicted octanol–water partition coefficient (Wildman–Crippen LogP) is 6.74. The van der Waals surface area contributed by atoms with E-state index < -0.39 is 5.97 Å². The molecule has 33 heavy (non-hydrogen) atoms. The van der Waals surface area contributed by atoms with Crippen molar-refractivity contribution in [3.05, 3.63) is 91.8 Å². The highest BCUT2D eigenvalue weighted by Gasteiger charge is 2.22. The fourth-order valence-corrected chi connectivity index (χ4v) is 3.89. The maximum atomic E-state index is 12.9. The monoisotopic (exact) mass is 484 g/mol. The smallest absolute Gasteiger partial charge is 0.348 e. The van der Waals surface area contributed by atoms with Crippen LogP contribution in [0.1, 0.15) is 21.5 Å². The number of esters is 1. The second kappa shape index (κ2) is 9.17. The van der Waals surface area contributed by atoms with Crippen LogP contribution in [-0.4, -0.2) is 13.1 Å². The number of rotatable bonds is 5. The highest BCUT2D eigenvalue weighted by atomic mass is 35.5. The molecule has 0 saturated carbocycles. The third kappa shape index (κ3) is 4.67. The molecule has 0 aliphatic carbocycles. The number of hydrogen-bond donors (Lipinski definition) is 0. The number of carbonyl (C=O) groups excluding carboxylic acids is 1. The van der Waals surface area contributed by atoms with Crippen molar-refractivity contribution >= 4 is 40.1 Å². The Bertz CT molecular complexity index is 1420. The minimum atomic E-state index is -0.768. The van der Waals surface area contributed by atoms with Crippen LogP contribution >= 0.6 is 23.2 Å². The molecule has 168 valence electrons. The van der Waals surface area contributed by atoms with Gasteiger partial charge in [-0.3, -0.25) is 4.79 Å². The van der Waals surface area contributed by atoms with Crippen LogP contribution in [0, 0.1) is 13.8 Å². The van der Waals surface area contributed by atoms with Gasteiger partial charge in [0, 0.05) is 6.07 Å². The van der Waals surface area contributed by atoms with E-state index in [-0.39, 0.29) is 49.3 Å². The average molecular weight is 485 g/mol. The first kappa shape index (κ1) is 22.7. The summed E-state index contributed by atoms with van der Waals surface area (Å²) < 4.78 is 21.9. The Balaban J connectivity index is 1.63. The number of fused-ring (bicyclic) bond motifs is 1. The van der Waals surface area contributed by atoms with Crippen LogP contribution in [0.4, 0.5) is 0 Å². The quantitative estimate of drug-likeness (QED) is 0.230. The molecular formula is C25H18Cl2O6. The number of carbonyl (C=O) groups is 1. The maximum Gasteiger partial charge on any atom is 0.348 e. The van der Waals surface area contributed by atoms with Gasteiger partial charge in [-0.2, -0.15) is 0 Å². The lowest BCUT2D eigenvalue weighted by atomic mass is 10.1. The normalized spacial score (nSPS) is 10.8. The van der Waals surface area contributed by atoms with E-state index in [0.29, 0.717) is 5.75 Å². The minimum Gasteiger partial charge on any atom is -0.494 e. The second-order valence-corrected chi connectivity index (χ2v) is 8.15. The number of methoxy groups -OCH3 is 1. The van der Waals surface area contributed by atoms with Crippen molar-refractivity contribution in [2.45, 2.75) is 13.8 Å². The molecule has 0 radical (unpaired) electrons. The number of hydrogen-bond acceptors (Lipinski definition) is 6. The lowest BCUT2D eigenvalue weighted by molar-refractivity contribution is 0.0731. The summed E-state index contributed by atoms with van der Waals surface area (Å²) in [5.74, 6) is 0.0759. The highest BCUT2D eigenvalue weighted by molar-refractivity contribution is 6.37. The number of aryl methyl sites for hydroxylation is 2. The topological polar surface area (TPSA) is 75.0 Å². The van der Waals surface area contributed by atoms with E-state index in [2.05, 4.69) is 0 Å². The Morgan fingerprint density at radius 3 is 2.30 bits per heavy atom. The fraction of sp³-hybridized carbons (Fsp3) is 0.120. The molecule has 0 saturated heterocycles. The summed E-state index contributed by atoms with van der Waals surface area (Å²) in [7, 11) is 1.37. The van der Waals surface area contributed by atoms with E-state index >= 15 is 0 Å². The zero-order valence-electron chi connectivity index (χ0n) is 17.9. The molecule has 6 nitrogen and oxygen atoms in total. The average Bonchev–Trinajstić information content (AvgIpc) is 2.76. The van der Waals surface area contributed by atoms with E-state index in [9.17, 15) is 9.59 Å². The van der Waals surface area contributed by atoms with Gasteiger partial charge in [0.15, 0.2) is 5.75 Å². The van der Waals surface area contributed by atoms with Crippen LogP contribution in [0.15, 0.2) is 64.0 Å². The third-order valence-electron chi connectivity index (χ3n) is 4.82. The molecule has 0 unspecified atom stereocenters. The second-order valence-electron chi connectivity index (χ2n) is 7.34. The van der Waals surface area contributed by atoms with Crippen LogP contribution < -0.4 is 19.6 Å². The number of benzene rings is 3. The zero-order chi connectivity index (χ0) is 23.7. The van der Waals surface area contributed by atoms with Crippen molar-refractivity contribution in [3.63, 3.8) is 0 Å². The van der Waals surface area contributed by atoms with Gasteiger partial charge in [-0.05, 0) is 61.4 Å². The molecule has 8 heteroatoms. The molecular weight excluding hydrogens is 467 g/mol. The summed E-state index contributed by atoms with van der Waals surface area (Å²) in [5, 5.41) is 0.617. The van der Waals surface area contributed by atoms with Gasteiger partial charge in [0.1, 0.15) is 28.9 Å². The predicted molar refractivity (Wildman–Crippen MR) is 126 cm³/mol. The summed E-state index contributed by atoms with van der Waals surface area (Å²) >= 11 is 12.2. The van der Waals surface area contributed by atoms with Crippen molar-refractivity contribution in [2.75, 3.05) is 7.11 Å². The summed E-state index contributed by atoms with van der Waals surface area (Å²) in [4.78, 5) is 25.6. The SMILES string of the molecule is COc1c(Cl)ccc(Cl)c1C(=O)Oc1ccc2c(=O)c(Oc3cc(C)cc(C)c3)coc2c1. The molecule has 1 heterocycles. The zero-order valence-corrected chi connectivity index (χ0v) is 19.4. The van der Waals surface area contributed by atoms with Crippen LogP contribution in [0.5, 0.6) is 23.0 Å². The molecule has 3 aromatic carbocycles. The number of halogens is 2. The van der Waals surface area contributed by atoms with Gasteiger partial charge in [0.25, 0.3) is 0 Å². The minimum absolute atomic E-state index is 0.00888. The first-order valence-corrected chi connectivity index (χ1v) is 10.6. The Morgan fingerprint density at radius 2 is 1.61 bits per heavy atom. The first-order valence-electron chi connectivity index (χ1n) is 9.82. The molecule has 1 aromatic heterocycles. The van der Waals surface area contributed by atoms with E-state index in [1.54, 1.807) is 0 Å². The van der Waals surface area contributed by atoms with Gasteiger partial charge in [0.2, 0.25) is 11.2 Å². The van der Waals surface area contributed by atoms with Gasteiger partial charge >= 0.3 is 5.97 Å². The van der Waals surface area contributed by atoms with Crippen LogP contribution in [-0.2, 0) is 0 Å². The first-order chi connectivity index (χ1) is 15.8. The third-order valence-corrected chi connectivity index (χ3v) is 5.43. The van der Waals surface area contributed by atoms with Crippen molar-refractivity contribution in [1.29, 1.82) is 0 Å².